The molecular formula is C20H20ClN3O3. The zero-order valence-corrected chi connectivity index (χ0v) is 16.0. The molecule has 27 heavy (non-hydrogen) atoms. The summed E-state index contributed by atoms with van der Waals surface area (Å²) in [6.07, 6.45) is 0. The van der Waals surface area contributed by atoms with E-state index >= 15 is 0 Å². The topological polar surface area (TPSA) is 84.2 Å². The van der Waals surface area contributed by atoms with Crippen molar-refractivity contribution in [1.29, 1.82) is 0 Å². The summed E-state index contributed by atoms with van der Waals surface area (Å²) in [6.45, 7) is 5.49. The Kier molecular flexibility index (Phi) is 5.46. The number of carbonyl (C=O) groups is 2. The van der Waals surface area contributed by atoms with Crippen molar-refractivity contribution in [2.24, 2.45) is 5.92 Å². The van der Waals surface area contributed by atoms with Gasteiger partial charge in [0.15, 0.2) is 11.5 Å². The molecule has 0 bridgehead atoms. The van der Waals surface area contributed by atoms with Gasteiger partial charge in [0.25, 0.3) is 5.91 Å². The summed E-state index contributed by atoms with van der Waals surface area (Å²) >= 11 is 6.07. The van der Waals surface area contributed by atoms with Crippen LogP contribution in [0.4, 0.5) is 5.69 Å². The van der Waals surface area contributed by atoms with Crippen molar-refractivity contribution in [3.05, 3.63) is 58.9 Å². The fraction of sp³-hybridized carbons (Fsp3) is 0.250. The number of hydrogen-bond donors (Lipinski definition) is 2. The average Bonchev–Trinajstić information content (AvgIpc) is 2.98. The lowest BCUT2D eigenvalue weighted by atomic mass is 10.0. The summed E-state index contributed by atoms with van der Waals surface area (Å²) in [5, 5.41) is 5.93. The number of rotatable bonds is 5. The van der Waals surface area contributed by atoms with E-state index in [0.717, 1.165) is 0 Å². The minimum absolute atomic E-state index is 0.116. The second kappa shape index (κ2) is 7.80. The van der Waals surface area contributed by atoms with E-state index in [9.17, 15) is 9.59 Å². The largest absolute Gasteiger partial charge is 0.441 e. The van der Waals surface area contributed by atoms with Gasteiger partial charge in [-0.05, 0) is 36.2 Å². The predicted molar refractivity (Wildman–Crippen MR) is 105 cm³/mol. The number of hydrogen-bond acceptors (Lipinski definition) is 4. The molecule has 2 N–H and O–H groups in total. The number of nitrogens with one attached hydrogen (secondary N) is 2. The Bertz CT molecular complexity index is 997. The van der Waals surface area contributed by atoms with Gasteiger partial charge in [-0.2, -0.15) is 0 Å². The van der Waals surface area contributed by atoms with Crippen LogP contribution in [-0.2, 0) is 4.79 Å². The number of anilines is 1. The summed E-state index contributed by atoms with van der Waals surface area (Å²) in [6, 6.07) is 11.2. The first-order valence-electron chi connectivity index (χ1n) is 8.58. The van der Waals surface area contributed by atoms with Crippen molar-refractivity contribution in [3.63, 3.8) is 0 Å². The van der Waals surface area contributed by atoms with Crippen LogP contribution in [0.2, 0.25) is 5.02 Å². The van der Waals surface area contributed by atoms with Gasteiger partial charge >= 0.3 is 0 Å². The SMILES string of the molecule is Cc1nc2cc(NC(=O)[C@@H](NC(=O)c3ccccc3Cl)C(C)C)ccc2o1. The predicted octanol–water partition coefficient (Wildman–Crippen LogP) is 4.18. The van der Waals surface area contributed by atoms with Crippen LogP contribution in [0.25, 0.3) is 11.1 Å². The Balaban J connectivity index is 1.76. The second-order valence-corrected chi connectivity index (χ2v) is 6.99. The molecule has 0 fully saturated rings. The first-order valence-corrected chi connectivity index (χ1v) is 8.96. The van der Waals surface area contributed by atoms with E-state index in [4.69, 9.17) is 16.0 Å². The third-order valence-electron chi connectivity index (χ3n) is 4.12. The molecule has 0 saturated carbocycles. The van der Waals surface area contributed by atoms with E-state index in [-0.39, 0.29) is 11.8 Å². The number of carbonyl (C=O) groups excluding carboxylic acids is 2. The van der Waals surface area contributed by atoms with Crippen molar-refractivity contribution >= 4 is 40.2 Å². The van der Waals surface area contributed by atoms with Crippen LogP contribution in [0, 0.1) is 12.8 Å². The number of oxazole rings is 1. The molecule has 1 aromatic heterocycles. The number of benzene rings is 2. The quantitative estimate of drug-likeness (QED) is 0.689. The standard InChI is InChI=1S/C20H20ClN3O3/c1-11(2)18(24-19(25)14-6-4-5-7-15(14)21)20(26)23-13-8-9-17-16(10-13)22-12(3)27-17/h4-11,18H,1-3H3,(H,23,26)(H,24,25)/t18-/m0/s1. The van der Waals surface area contributed by atoms with E-state index < -0.39 is 11.9 Å². The molecule has 3 rings (SSSR count). The van der Waals surface area contributed by atoms with Gasteiger partial charge in [-0.3, -0.25) is 9.59 Å². The van der Waals surface area contributed by atoms with E-state index in [2.05, 4.69) is 15.6 Å². The van der Waals surface area contributed by atoms with E-state index in [1.165, 1.54) is 0 Å². The molecule has 140 valence electrons. The Labute approximate surface area is 161 Å². The molecule has 1 heterocycles. The molecule has 0 spiro atoms. The minimum Gasteiger partial charge on any atom is -0.441 e. The molecule has 0 saturated heterocycles. The van der Waals surface area contributed by atoms with Gasteiger partial charge in [0, 0.05) is 12.6 Å². The van der Waals surface area contributed by atoms with Crippen LogP contribution in [0.5, 0.6) is 0 Å². The smallest absolute Gasteiger partial charge is 0.253 e. The van der Waals surface area contributed by atoms with Crippen molar-refractivity contribution in [2.75, 3.05) is 5.32 Å². The maximum Gasteiger partial charge on any atom is 0.253 e. The highest BCUT2D eigenvalue weighted by molar-refractivity contribution is 6.33. The molecule has 0 unspecified atom stereocenters. The van der Waals surface area contributed by atoms with Crippen LogP contribution in [0.15, 0.2) is 46.9 Å². The van der Waals surface area contributed by atoms with Crippen LogP contribution in [0.3, 0.4) is 0 Å². The van der Waals surface area contributed by atoms with Crippen molar-refractivity contribution in [2.45, 2.75) is 26.8 Å². The number of amides is 2. The number of halogens is 1. The summed E-state index contributed by atoms with van der Waals surface area (Å²) < 4.78 is 5.43. The molecule has 1 atom stereocenters. The number of aryl methyl sites for hydroxylation is 1. The van der Waals surface area contributed by atoms with E-state index in [1.54, 1.807) is 49.4 Å². The Morgan fingerprint density at radius 1 is 1.15 bits per heavy atom. The molecule has 0 aliphatic carbocycles. The van der Waals surface area contributed by atoms with Crippen LogP contribution in [-0.4, -0.2) is 22.8 Å². The molecule has 7 heteroatoms. The molecule has 0 radical (unpaired) electrons. The molecule has 3 aromatic rings. The Morgan fingerprint density at radius 2 is 1.89 bits per heavy atom. The molecule has 0 aliphatic heterocycles. The minimum atomic E-state index is -0.719. The first kappa shape index (κ1) is 18.9. The Hall–Kier alpha value is -2.86. The van der Waals surface area contributed by atoms with Gasteiger partial charge in [-0.15, -0.1) is 0 Å². The summed E-state index contributed by atoms with van der Waals surface area (Å²) in [7, 11) is 0. The van der Waals surface area contributed by atoms with Crippen molar-refractivity contribution in [1.82, 2.24) is 10.3 Å². The number of fused-ring (bicyclic) bond motifs is 1. The second-order valence-electron chi connectivity index (χ2n) is 6.58. The fourth-order valence-electron chi connectivity index (χ4n) is 2.74. The lowest BCUT2D eigenvalue weighted by Crippen LogP contribution is -2.47. The lowest BCUT2D eigenvalue weighted by Gasteiger charge is -2.22. The molecular weight excluding hydrogens is 366 g/mol. The average molecular weight is 386 g/mol. The van der Waals surface area contributed by atoms with E-state index in [1.807, 2.05) is 13.8 Å². The zero-order valence-electron chi connectivity index (χ0n) is 15.2. The van der Waals surface area contributed by atoms with Gasteiger partial charge in [0.2, 0.25) is 5.91 Å². The third-order valence-corrected chi connectivity index (χ3v) is 4.45. The van der Waals surface area contributed by atoms with Crippen molar-refractivity contribution in [3.8, 4) is 0 Å². The van der Waals surface area contributed by atoms with Gasteiger partial charge in [0.05, 0.1) is 10.6 Å². The van der Waals surface area contributed by atoms with Crippen molar-refractivity contribution < 1.29 is 14.0 Å². The number of aromatic nitrogens is 1. The van der Waals surface area contributed by atoms with Crippen LogP contribution < -0.4 is 10.6 Å². The molecule has 2 aromatic carbocycles. The maximum atomic E-state index is 12.7. The maximum absolute atomic E-state index is 12.7. The van der Waals surface area contributed by atoms with Gasteiger partial charge in [-0.1, -0.05) is 37.6 Å². The fourth-order valence-corrected chi connectivity index (χ4v) is 2.96. The zero-order chi connectivity index (χ0) is 19.6. The summed E-state index contributed by atoms with van der Waals surface area (Å²) in [4.78, 5) is 29.5. The molecule has 6 nitrogen and oxygen atoms in total. The van der Waals surface area contributed by atoms with E-state index in [0.29, 0.717) is 33.3 Å². The highest BCUT2D eigenvalue weighted by Crippen LogP contribution is 2.20. The highest BCUT2D eigenvalue weighted by Gasteiger charge is 2.25. The lowest BCUT2D eigenvalue weighted by molar-refractivity contribution is -0.118. The summed E-state index contributed by atoms with van der Waals surface area (Å²) in [5.74, 6) is -0.267. The normalized spacial score (nSPS) is 12.2. The van der Waals surface area contributed by atoms with Crippen LogP contribution in [0.1, 0.15) is 30.1 Å². The summed E-state index contributed by atoms with van der Waals surface area (Å²) in [5.41, 5.74) is 2.22. The van der Waals surface area contributed by atoms with Gasteiger partial charge in [0.1, 0.15) is 11.6 Å². The molecule has 0 aliphatic rings. The molecule has 2 amide bonds. The third kappa shape index (κ3) is 4.28. The number of nitrogens with zero attached hydrogens (tertiary/aromatic N) is 1. The highest BCUT2D eigenvalue weighted by atomic mass is 35.5. The van der Waals surface area contributed by atoms with Gasteiger partial charge in [-0.25, -0.2) is 4.98 Å². The first-order chi connectivity index (χ1) is 12.8. The van der Waals surface area contributed by atoms with Gasteiger partial charge < -0.3 is 15.1 Å². The Morgan fingerprint density at radius 3 is 2.59 bits per heavy atom. The van der Waals surface area contributed by atoms with Crippen LogP contribution >= 0.6 is 11.6 Å². The monoisotopic (exact) mass is 385 g/mol.